The van der Waals surface area contributed by atoms with E-state index in [4.69, 9.17) is 4.74 Å². The van der Waals surface area contributed by atoms with Crippen molar-refractivity contribution in [2.24, 2.45) is 0 Å². The van der Waals surface area contributed by atoms with Crippen molar-refractivity contribution in [3.8, 4) is 0 Å². The molecule has 0 heterocycles. The fourth-order valence-corrected chi connectivity index (χ4v) is 3.03. The molecule has 1 aromatic carbocycles. The number of carbonyl (C=O) groups excluding carboxylic acids is 1. The van der Waals surface area contributed by atoms with Crippen LogP contribution in [0.2, 0.25) is 0 Å². The van der Waals surface area contributed by atoms with Gasteiger partial charge in [-0.1, -0.05) is 31.2 Å². The number of carbonyl (C=O) groups is 1. The minimum absolute atomic E-state index is 0.00192. The highest BCUT2D eigenvalue weighted by atomic mass is 16.5. The van der Waals surface area contributed by atoms with Gasteiger partial charge in [-0.3, -0.25) is 4.79 Å². The topological polar surface area (TPSA) is 26.3 Å². The lowest BCUT2D eigenvalue weighted by atomic mass is 9.66. The third-order valence-electron chi connectivity index (χ3n) is 4.08. The lowest BCUT2D eigenvalue weighted by molar-refractivity contribution is -0.142. The van der Waals surface area contributed by atoms with Crippen LogP contribution in [-0.4, -0.2) is 13.1 Å². The molecule has 0 amide bonds. The molecule has 0 saturated carbocycles. The minimum Gasteiger partial charge on any atom is -0.469 e. The van der Waals surface area contributed by atoms with Crippen LogP contribution in [0.3, 0.4) is 0 Å². The van der Waals surface area contributed by atoms with E-state index in [2.05, 4.69) is 31.2 Å². The van der Waals surface area contributed by atoms with Crippen molar-refractivity contribution in [1.29, 1.82) is 0 Å². The first kappa shape index (κ1) is 12.2. The largest absolute Gasteiger partial charge is 0.469 e. The van der Waals surface area contributed by atoms with Crippen molar-refractivity contribution < 1.29 is 9.53 Å². The molecule has 17 heavy (non-hydrogen) atoms. The molecule has 0 N–H and O–H groups in total. The van der Waals surface area contributed by atoms with Gasteiger partial charge in [-0.2, -0.15) is 0 Å². The van der Waals surface area contributed by atoms with Gasteiger partial charge < -0.3 is 4.74 Å². The summed E-state index contributed by atoms with van der Waals surface area (Å²) in [7, 11) is 1.47. The van der Waals surface area contributed by atoms with E-state index in [-0.39, 0.29) is 11.4 Å². The summed E-state index contributed by atoms with van der Waals surface area (Å²) in [6.45, 7) is 2.17. The van der Waals surface area contributed by atoms with E-state index < -0.39 is 0 Å². The molecule has 92 valence electrons. The van der Waals surface area contributed by atoms with Crippen molar-refractivity contribution in [2.75, 3.05) is 7.11 Å². The van der Waals surface area contributed by atoms with Crippen LogP contribution >= 0.6 is 0 Å². The van der Waals surface area contributed by atoms with E-state index in [0.29, 0.717) is 6.42 Å². The van der Waals surface area contributed by atoms with Crippen LogP contribution in [0.25, 0.3) is 0 Å². The fourth-order valence-electron chi connectivity index (χ4n) is 3.03. The fraction of sp³-hybridized carbons (Fsp3) is 0.533. The number of rotatable bonds is 3. The number of benzene rings is 1. The maximum absolute atomic E-state index is 11.6. The number of esters is 1. The molecule has 0 fully saturated rings. The third-order valence-corrected chi connectivity index (χ3v) is 4.08. The van der Waals surface area contributed by atoms with Crippen molar-refractivity contribution in [2.45, 2.75) is 44.4 Å². The average molecular weight is 232 g/mol. The Balaban J connectivity index is 2.38. The van der Waals surface area contributed by atoms with Crippen molar-refractivity contribution in [1.82, 2.24) is 0 Å². The van der Waals surface area contributed by atoms with Gasteiger partial charge in [0.25, 0.3) is 0 Å². The van der Waals surface area contributed by atoms with Gasteiger partial charge in [-0.15, -0.1) is 0 Å². The van der Waals surface area contributed by atoms with E-state index in [1.54, 1.807) is 0 Å². The smallest absolute Gasteiger partial charge is 0.306 e. The van der Waals surface area contributed by atoms with Crippen LogP contribution in [-0.2, 0) is 21.4 Å². The molecule has 1 atom stereocenters. The van der Waals surface area contributed by atoms with Gasteiger partial charge >= 0.3 is 5.97 Å². The molecule has 1 aliphatic carbocycles. The lowest BCUT2D eigenvalue weighted by Crippen LogP contribution is -2.33. The number of hydrogen-bond donors (Lipinski definition) is 0. The highest BCUT2D eigenvalue weighted by molar-refractivity contribution is 5.71. The first-order valence-corrected chi connectivity index (χ1v) is 6.37. The Bertz CT molecular complexity index is 411. The summed E-state index contributed by atoms with van der Waals surface area (Å²) in [5, 5.41) is 0. The number of ether oxygens (including phenoxy) is 1. The van der Waals surface area contributed by atoms with Crippen LogP contribution in [0, 0.1) is 0 Å². The standard InChI is InChI=1S/C15H20O2/c1-3-15(11-14(16)17-2)10-6-8-12-7-4-5-9-13(12)15/h4-5,7,9H,3,6,8,10-11H2,1-2H3. The van der Waals surface area contributed by atoms with E-state index in [1.807, 2.05) is 0 Å². The normalized spacial score (nSPS) is 22.9. The maximum atomic E-state index is 11.6. The second-order valence-electron chi connectivity index (χ2n) is 4.90. The Morgan fingerprint density at radius 2 is 2.18 bits per heavy atom. The monoisotopic (exact) mass is 232 g/mol. The Kier molecular flexibility index (Phi) is 3.51. The van der Waals surface area contributed by atoms with Gasteiger partial charge in [-0.05, 0) is 36.8 Å². The molecule has 0 spiro atoms. The zero-order valence-corrected chi connectivity index (χ0v) is 10.7. The summed E-state index contributed by atoms with van der Waals surface area (Å²) in [6, 6.07) is 8.53. The molecule has 1 aliphatic rings. The molecule has 2 heteroatoms. The Labute approximate surface area is 103 Å². The molecule has 1 aromatic rings. The highest BCUT2D eigenvalue weighted by Crippen LogP contribution is 2.42. The van der Waals surface area contributed by atoms with Gasteiger partial charge in [0.1, 0.15) is 0 Å². The van der Waals surface area contributed by atoms with Gasteiger partial charge in [-0.25, -0.2) is 0 Å². The number of aryl methyl sites for hydroxylation is 1. The van der Waals surface area contributed by atoms with Gasteiger partial charge in [0, 0.05) is 5.41 Å². The van der Waals surface area contributed by atoms with E-state index in [9.17, 15) is 4.79 Å². The Morgan fingerprint density at radius 3 is 2.88 bits per heavy atom. The summed E-state index contributed by atoms with van der Waals surface area (Å²) >= 11 is 0. The second kappa shape index (κ2) is 4.91. The van der Waals surface area contributed by atoms with E-state index in [0.717, 1.165) is 19.3 Å². The quantitative estimate of drug-likeness (QED) is 0.748. The molecule has 0 aromatic heterocycles. The number of fused-ring (bicyclic) bond motifs is 1. The molecular weight excluding hydrogens is 212 g/mol. The number of methoxy groups -OCH3 is 1. The van der Waals surface area contributed by atoms with Crippen molar-refractivity contribution >= 4 is 5.97 Å². The van der Waals surface area contributed by atoms with Crippen molar-refractivity contribution in [3.63, 3.8) is 0 Å². The maximum Gasteiger partial charge on any atom is 0.306 e. The van der Waals surface area contributed by atoms with Gasteiger partial charge in [0.05, 0.1) is 13.5 Å². The lowest BCUT2D eigenvalue weighted by Gasteiger charge is -2.37. The molecule has 0 radical (unpaired) electrons. The van der Waals surface area contributed by atoms with E-state index in [1.165, 1.54) is 24.7 Å². The van der Waals surface area contributed by atoms with Crippen LogP contribution < -0.4 is 0 Å². The average Bonchev–Trinajstić information content (AvgIpc) is 2.39. The zero-order valence-electron chi connectivity index (χ0n) is 10.7. The molecule has 2 rings (SSSR count). The predicted molar refractivity (Wildman–Crippen MR) is 68.0 cm³/mol. The highest BCUT2D eigenvalue weighted by Gasteiger charge is 2.36. The summed E-state index contributed by atoms with van der Waals surface area (Å²) in [4.78, 5) is 11.6. The molecule has 0 aliphatic heterocycles. The summed E-state index contributed by atoms with van der Waals surface area (Å²) in [5.41, 5.74) is 2.77. The first-order chi connectivity index (χ1) is 8.22. The minimum atomic E-state index is -0.0939. The third kappa shape index (κ3) is 2.21. The van der Waals surface area contributed by atoms with Crippen molar-refractivity contribution in [3.05, 3.63) is 35.4 Å². The van der Waals surface area contributed by atoms with Gasteiger partial charge in [0.15, 0.2) is 0 Å². The summed E-state index contributed by atoms with van der Waals surface area (Å²) in [5.74, 6) is -0.0939. The predicted octanol–water partition coefficient (Wildman–Crippen LogP) is 3.23. The second-order valence-corrected chi connectivity index (χ2v) is 4.90. The summed E-state index contributed by atoms with van der Waals surface area (Å²) < 4.78 is 4.86. The first-order valence-electron chi connectivity index (χ1n) is 6.37. The van der Waals surface area contributed by atoms with Crippen LogP contribution in [0.1, 0.15) is 43.7 Å². The van der Waals surface area contributed by atoms with Gasteiger partial charge in [0.2, 0.25) is 0 Å². The molecule has 0 bridgehead atoms. The van der Waals surface area contributed by atoms with Crippen LogP contribution in [0.4, 0.5) is 0 Å². The Hall–Kier alpha value is -1.31. The molecule has 0 saturated heterocycles. The number of hydrogen-bond acceptors (Lipinski definition) is 2. The molecular formula is C15H20O2. The molecule has 1 unspecified atom stereocenters. The summed E-state index contributed by atoms with van der Waals surface area (Å²) in [6.07, 6.45) is 4.91. The van der Waals surface area contributed by atoms with Crippen LogP contribution in [0.5, 0.6) is 0 Å². The Morgan fingerprint density at radius 1 is 1.41 bits per heavy atom. The van der Waals surface area contributed by atoms with Crippen LogP contribution in [0.15, 0.2) is 24.3 Å². The zero-order chi connectivity index (χ0) is 12.3. The van der Waals surface area contributed by atoms with E-state index >= 15 is 0 Å². The molecule has 2 nitrogen and oxygen atoms in total. The SMILES string of the molecule is CCC1(CC(=O)OC)CCCc2ccccc21.